The van der Waals surface area contributed by atoms with Gasteiger partial charge in [0.15, 0.2) is 11.6 Å². The van der Waals surface area contributed by atoms with Crippen LogP contribution >= 0.6 is 0 Å². The second kappa shape index (κ2) is 5.77. The Morgan fingerprint density at radius 1 is 1.15 bits per heavy atom. The summed E-state index contributed by atoms with van der Waals surface area (Å²) >= 11 is 0. The lowest BCUT2D eigenvalue weighted by Gasteiger charge is -2.25. The minimum absolute atomic E-state index is 0.0554. The van der Waals surface area contributed by atoms with Gasteiger partial charge in [0.05, 0.1) is 35.7 Å². The molecule has 0 radical (unpaired) electrons. The summed E-state index contributed by atoms with van der Waals surface area (Å²) in [6, 6.07) is 8.16. The Kier molecular flexibility index (Phi) is 3.39. The molecule has 1 aromatic carbocycles. The number of benzene rings is 1. The molecule has 3 aromatic heterocycles. The van der Waals surface area contributed by atoms with Gasteiger partial charge < -0.3 is 14.2 Å². The maximum absolute atomic E-state index is 5.66. The predicted molar refractivity (Wildman–Crippen MR) is 97.0 cm³/mol. The number of methoxy groups -OCH3 is 1. The molecule has 1 aliphatic rings. The standard InChI is InChI=1S/C18H19N7O/c1-23-11-20-22-18(23)15-7-12(26-2)9-24(15)17-16-8-19-10-25(16)14-6-4-3-5-13(14)21-17/h3-6,8,10-12,15H,7,9H2,1-2H3/t12-,15+/m1/s1. The van der Waals surface area contributed by atoms with Gasteiger partial charge in [-0.3, -0.25) is 4.40 Å². The fraction of sp³-hybridized carbons (Fsp3) is 0.333. The SMILES string of the molecule is CO[C@@H]1C[C@@H](c2nncn2C)N(c2nc3ccccc3n3cncc23)C1. The van der Waals surface area contributed by atoms with Gasteiger partial charge in [0, 0.05) is 27.1 Å². The lowest BCUT2D eigenvalue weighted by atomic mass is 10.2. The van der Waals surface area contributed by atoms with Crippen molar-refractivity contribution < 1.29 is 4.74 Å². The van der Waals surface area contributed by atoms with E-state index >= 15 is 0 Å². The number of anilines is 1. The molecule has 0 bridgehead atoms. The van der Waals surface area contributed by atoms with Crippen molar-refractivity contribution in [1.29, 1.82) is 0 Å². The molecule has 1 fully saturated rings. The van der Waals surface area contributed by atoms with E-state index in [0.29, 0.717) is 0 Å². The fourth-order valence-corrected chi connectivity index (χ4v) is 3.84. The van der Waals surface area contributed by atoms with Crippen molar-refractivity contribution in [2.75, 3.05) is 18.6 Å². The highest BCUT2D eigenvalue weighted by Gasteiger charge is 2.37. The second-order valence-electron chi connectivity index (χ2n) is 6.63. The lowest BCUT2D eigenvalue weighted by molar-refractivity contribution is 0.118. The molecular weight excluding hydrogens is 330 g/mol. The summed E-state index contributed by atoms with van der Waals surface area (Å²) in [4.78, 5) is 11.6. The predicted octanol–water partition coefficient (Wildman–Crippen LogP) is 1.98. The Bertz CT molecular complexity index is 1090. The van der Waals surface area contributed by atoms with Crippen molar-refractivity contribution in [3.05, 3.63) is 48.9 Å². The summed E-state index contributed by atoms with van der Waals surface area (Å²) < 4.78 is 9.71. The van der Waals surface area contributed by atoms with Crippen molar-refractivity contribution in [1.82, 2.24) is 29.1 Å². The molecule has 132 valence electrons. The molecule has 0 amide bonds. The van der Waals surface area contributed by atoms with Gasteiger partial charge >= 0.3 is 0 Å². The lowest BCUT2D eigenvalue weighted by Crippen LogP contribution is -2.27. The molecule has 0 N–H and O–H groups in total. The maximum atomic E-state index is 5.66. The van der Waals surface area contributed by atoms with E-state index in [2.05, 4.69) is 30.5 Å². The molecule has 4 heterocycles. The van der Waals surface area contributed by atoms with Gasteiger partial charge in [-0.2, -0.15) is 0 Å². The normalized spacial score (nSPS) is 20.5. The van der Waals surface area contributed by atoms with Crippen LogP contribution in [0.2, 0.25) is 0 Å². The van der Waals surface area contributed by atoms with Gasteiger partial charge in [0.1, 0.15) is 11.8 Å². The molecule has 4 aromatic rings. The van der Waals surface area contributed by atoms with Crippen molar-refractivity contribution in [3.8, 4) is 0 Å². The number of para-hydroxylation sites is 2. The second-order valence-corrected chi connectivity index (χ2v) is 6.63. The first-order valence-electron chi connectivity index (χ1n) is 8.60. The molecule has 1 saturated heterocycles. The van der Waals surface area contributed by atoms with E-state index in [4.69, 9.17) is 9.72 Å². The zero-order valence-electron chi connectivity index (χ0n) is 14.6. The van der Waals surface area contributed by atoms with Gasteiger partial charge in [-0.1, -0.05) is 12.1 Å². The molecule has 0 unspecified atom stereocenters. The Balaban J connectivity index is 1.71. The zero-order valence-corrected chi connectivity index (χ0v) is 14.6. The topological polar surface area (TPSA) is 73.4 Å². The highest BCUT2D eigenvalue weighted by Crippen LogP contribution is 2.38. The van der Waals surface area contributed by atoms with Crippen LogP contribution in [0.15, 0.2) is 43.1 Å². The molecule has 1 aliphatic heterocycles. The average molecular weight is 349 g/mol. The van der Waals surface area contributed by atoms with E-state index in [1.807, 2.05) is 42.3 Å². The number of fused-ring (bicyclic) bond motifs is 3. The van der Waals surface area contributed by atoms with Crippen molar-refractivity contribution >= 4 is 22.4 Å². The first-order valence-corrected chi connectivity index (χ1v) is 8.60. The van der Waals surface area contributed by atoms with Crippen LogP contribution in [0.25, 0.3) is 16.6 Å². The van der Waals surface area contributed by atoms with Crippen LogP contribution in [0, 0.1) is 0 Å². The Morgan fingerprint density at radius 2 is 2.04 bits per heavy atom. The van der Waals surface area contributed by atoms with E-state index in [0.717, 1.165) is 41.2 Å². The molecule has 8 nitrogen and oxygen atoms in total. The summed E-state index contributed by atoms with van der Waals surface area (Å²) in [5, 5.41) is 8.39. The van der Waals surface area contributed by atoms with E-state index in [9.17, 15) is 0 Å². The summed E-state index contributed by atoms with van der Waals surface area (Å²) in [5.74, 6) is 1.81. The van der Waals surface area contributed by atoms with Gasteiger partial charge in [0.25, 0.3) is 0 Å². The number of rotatable bonds is 3. The van der Waals surface area contributed by atoms with Crippen LogP contribution in [0.3, 0.4) is 0 Å². The van der Waals surface area contributed by atoms with Crippen molar-refractivity contribution in [2.24, 2.45) is 7.05 Å². The molecular formula is C18H19N7O. The fourth-order valence-electron chi connectivity index (χ4n) is 3.84. The number of hydrogen-bond acceptors (Lipinski definition) is 6. The zero-order chi connectivity index (χ0) is 17.7. The molecule has 8 heteroatoms. The van der Waals surface area contributed by atoms with E-state index < -0.39 is 0 Å². The summed E-state index contributed by atoms with van der Waals surface area (Å²) in [6.45, 7) is 0.750. The number of aryl methyl sites for hydroxylation is 1. The Labute approximate surface area is 150 Å². The highest BCUT2D eigenvalue weighted by molar-refractivity contribution is 5.84. The monoisotopic (exact) mass is 349 g/mol. The largest absolute Gasteiger partial charge is 0.380 e. The van der Waals surface area contributed by atoms with Crippen molar-refractivity contribution in [3.63, 3.8) is 0 Å². The summed E-state index contributed by atoms with van der Waals surface area (Å²) in [7, 11) is 3.72. The maximum Gasteiger partial charge on any atom is 0.156 e. The van der Waals surface area contributed by atoms with Gasteiger partial charge in [-0.15, -0.1) is 10.2 Å². The van der Waals surface area contributed by atoms with Gasteiger partial charge in [-0.05, 0) is 12.1 Å². The number of nitrogens with zero attached hydrogens (tertiary/aromatic N) is 7. The molecule has 0 aliphatic carbocycles. The van der Waals surface area contributed by atoms with E-state index in [1.54, 1.807) is 13.4 Å². The van der Waals surface area contributed by atoms with Crippen LogP contribution in [-0.2, 0) is 11.8 Å². The molecule has 2 atom stereocenters. The van der Waals surface area contributed by atoms with Gasteiger partial charge in [-0.25, -0.2) is 9.97 Å². The molecule has 0 saturated carbocycles. The number of ether oxygens (including phenoxy) is 1. The van der Waals surface area contributed by atoms with Crippen LogP contribution in [-0.4, -0.2) is 48.9 Å². The number of hydrogen-bond donors (Lipinski definition) is 0. The minimum Gasteiger partial charge on any atom is -0.380 e. The first-order chi connectivity index (χ1) is 12.8. The van der Waals surface area contributed by atoms with E-state index in [-0.39, 0.29) is 12.1 Å². The quantitative estimate of drug-likeness (QED) is 0.563. The summed E-state index contributed by atoms with van der Waals surface area (Å²) in [5.41, 5.74) is 2.96. The van der Waals surface area contributed by atoms with Crippen LogP contribution in [0.1, 0.15) is 18.3 Å². The van der Waals surface area contributed by atoms with Crippen LogP contribution < -0.4 is 4.90 Å². The average Bonchev–Trinajstić information content (AvgIpc) is 3.39. The first kappa shape index (κ1) is 15.3. The highest BCUT2D eigenvalue weighted by atomic mass is 16.5. The van der Waals surface area contributed by atoms with Gasteiger partial charge in [0.2, 0.25) is 0 Å². The Hall–Kier alpha value is -3.00. The number of aromatic nitrogens is 6. The number of imidazole rings is 1. The molecule has 0 spiro atoms. The third kappa shape index (κ3) is 2.19. The summed E-state index contributed by atoms with van der Waals surface area (Å²) in [6.07, 6.45) is 6.40. The van der Waals surface area contributed by atoms with Crippen molar-refractivity contribution in [2.45, 2.75) is 18.6 Å². The minimum atomic E-state index is 0.0554. The van der Waals surface area contributed by atoms with Crippen LogP contribution in [0.5, 0.6) is 0 Å². The third-order valence-corrected chi connectivity index (χ3v) is 5.15. The molecule has 5 rings (SSSR count). The Morgan fingerprint density at radius 3 is 2.85 bits per heavy atom. The van der Waals surface area contributed by atoms with E-state index in [1.165, 1.54) is 0 Å². The molecule has 26 heavy (non-hydrogen) atoms. The smallest absolute Gasteiger partial charge is 0.156 e. The van der Waals surface area contributed by atoms with Crippen LogP contribution in [0.4, 0.5) is 5.82 Å². The third-order valence-electron chi connectivity index (χ3n) is 5.15.